The van der Waals surface area contributed by atoms with Crippen molar-refractivity contribution in [2.24, 2.45) is 5.92 Å². The quantitative estimate of drug-likeness (QED) is 0.868. The number of nitrogens with zero attached hydrogens (tertiary/aromatic N) is 1. The molecule has 5 heteroatoms. The van der Waals surface area contributed by atoms with Gasteiger partial charge < -0.3 is 15.0 Å². The Bertz CT molecular complexity index is 376. The van der Waals surface area contributed by atoms with Gasteiger partial charge in [-0.1, -0.05) is 20.3 Å². The van der Waals surface area contributed by atoms with Crippen molar-refractivity contribution in [3.8, 4) is 0 Å². The molecule has 1 fully saturated rings. The van der Waals surface area contributed by atoms with Gasteiger partial charge in [-0.05, 0) is 46.5 Å². The highest BCUT2D eigenvalue weighted by atomic mass is 16.6. The van der Waals surface area contributed by atoms with E-state index in [1.165, 1.54) is 0 Å². The van der Waals surface area contributed by atoms with Gasteiger partial charge in [-0.3, -0.25) is 4.79 Å². The standard InChI is InChI=1S/C16H30N2O3/c1-7-11(2)13(17-15(20)21-16(4,5)6)14(19)18-10-8-9-12(18)3/h11-13H,7-10H2,1-6H3,(H,17,20). The second kappa shape index (κ2) is 7.14. The number of rotatable bonds is 4. The van der Waals surface area contributed by atoms with E-state index in [2.05, 4.69) is 12.2 Å². The summed E-state index contributed by atoms with van der Waals surface area (Å²) in [6.45, 7) is 12.3. The smallest absolute Gasteiger partial charge is 0.408 e. The summed E-state index contributed by atoms with van der Waals surface area (Å²) in [6.07, 6.45) is 2.37. The SMILES string of the molecule is CCC(C)C(NC(=O)OC(C)(C)C)C(=O)N1CCCC1C. The second-order valence-corrected chi connectivity index (χ2v) is 7.03. The first-order chi connectivity index (χ1) is 9.65. The number of carbonyl (C=O) groups is 2. The molecule has 0 aliphatic carbocycles. The van der Waals surface area contributed by atoms with Crippen LogP contribution in [0.25, 0.3) is 0 Å². The zero-order valence-electron chi connectivity index (χ0n) is 14.2. The number of ether oxygens (including phenoxy) is 1. The molecule has 0 bridgehead atoms. The Hall–Kier alpha value is -1.26. The number of amides is 2. The summed E-state index contributed by atoms with van der Waals surface area (Å²) in [5, 5.41) is 2.77. The van der Waals surface area contributed by atoms with Gasteiger partial charge in [0.1, 0.15) is 11.6 Å². The summed E-state index contributed by atoms with van der Waals surface area (Å²) in [4.78, 5) is 26.6. The van der Waals surface area contributed by atoms with Crippen LogP contribution in [-0.2, 0) is 9.53 Å². The fraction of sp³-hybridized carbons (Fsp3) is 0.875. The summed E-state index contributed by atoms with van der Waals surface area (Å²) < 4.78 is 5.28. The summed E-state index contributed by atoms with van der Waals surface area (Å²) in [7, 11) is 0. The lowest BCUT2D eigenvalue weighted by molar-refractivity contribution is -0.135. The van der Waals surface area contributed by atoms with Gasteiger partial charge in [0.2, 0.25) is 5.91 Å². The minimum absolute atomic E-state index is 0.0141. The Labute approximate surface area is 128 Å². The van der Waals surface area contributed by atoms with Gasteiger partial charge >= 0.3 is 6.09 Å². The van der Waals surface area contributed by atoms with Crippen molar-refractivity contribution in [2.75, 3.05) is 6.54 Å². The molecular formula is C16H30N2O3. The van der Waals surface area contributed by atoms with Crippen LogP contribution >= 0.6 is 0 Å². The van der Waals surface area contributed by atoms with Crippen LogP contribution in [0.5, 0.6) is 0 Å². The first-order valence-corrected chi connectivity index (χ1v) is 7.95. The molecule has 21 heavy (non-hydrogen) atoms. The van der Waals surface area contributed by atoms with Crippen molar-refractivity contribution >= 4 is 12.0 Å². The average molecular weight is 298 g/mol. The number of hydrogen-bond donors (Lipinski definition) is 1. The lowest BCUT2D eigenvalue weighted by atomic mass is 9.97. The molecule has 1 aliphatic rings. The number of likely N-dealkylation sites (tertiary alicyclic amines) is 1. The number of carbonyl (C=O) groups excluding carboxylic acids is 2. The molecule has 1 N–H and O–H groups in total. The van der Waals surface area contributed by atoms with Crippen LogP contribution in [0.15, 0.2) is 0 Å². The third kappa shape index (κ3) is 5.21. The first-order valence-electron chi connectivity index (χ1n) is 7.95. The van der Waals surface area contributed by atoms with Crippen LogP contribution in [-0.4, -0.2) is 41.1 Å². The number of hydrogen-bond acceptors (Lipinski definition) is 3. The van der Waals surface area contributed by atoms with Gasteiger partial charge in [-0.25, -0.2) is 4.79 Å². The molecule has 3 unspecified atom stereocenters. The molecular weight excluding hydrogens is 268 g/mol. The molecule has 1 rings (SSSR count). The van der Waals surface area contributed by atoms with Gasteiger partial charge in [-0.15, -0.1) is 0 Å². The minimum atomic E-state index is -0.561. The van der Waals surface area contributed by atoms with Gasteiger partial charge in [-0.2, -0.15) is 0 Å². The molecule has 0 spiro atoms. The molecule has 0 radical (unpaired) electrons. The predicted octanol–water partition coefficient (Wildman–Crippen LogP) is 2.94. The average Bonchev–Trinajstić information content (AvgIpc) is 2.78. The van der Waals surface area contributed by atoms with Crippen molar-refractivity contribution in [3.05, 3.63) is 0 Å². The normalized spacial score (nSPS) is 21.8. The molecule has 122 valence electrons. The Kier molecular flexibility index (Phi) is 6.05. The number of alkyl carbamates (subject to hydrolysis) is 1. The second-order valence-electron chi connectivity index (χ2n) is 7.03. The third-order valence-corrected chi connectivity index (χ3v) is 3.99. The van der Waals surface area contributed by atoms with Crippen molar-refractivity contribution in [1.29, 1.82) is 0 Å². The highest BCUT2D eigenvalue weighted by Gasteiger charge is 2.35. The van der Waals surface area contributed by atoms with Crippen LogP contribution < -0.4 is 5.32 Å². The van der Waals surface area contributed by atoms with Crippen molar-refractivity contribution < 1.29 is 14.3 Å². The van der Waals surface area contributed by atoms with E-state index < -0.39 is 17.7 Å². The maximum absolute atomic E-state index is 12.7. The largest absolute Gasteiger partial charge is 0.444 e. The van der Waals surface area contributed by atoms with Gasteiger partial charge in [0.05, 0.1) is 0 Å². The molecule has 1 saturated heterocycles. The third-order valence-electron chi connectivity index (χ3n) is 3.99. The minimum Gasteiger partial charge on any atom is -0.444 e. The van der Waals surface area contributed by atoms with Crippen molar-refractivity contribution in [2.45, 2.75) is 78.5 Å². The van der Waals surface area contributed by atoms with E-state index >= 15 is 0 Å². The Morgan fingerprint density at radius 3 is 2.43 bits per heavy atom. The van der Waals surface area contributed by atoms with Crippen LogP contribution in [0, 0.1) is 5.92 Å². The van der Waals surface area contributed by atoms with Crippen LogP contribution in [0.3, 0.4) is 0 Å². The topological polar surface area (TPSA) is 58.6 Å². The van der Waals surface area contributed by atoms with E-state index in [1.54, 1.807) is 0 Å². The Morgan fingerprint density at radius 1 is 1.38 bits per heavy atom. The van der Waals surface area contributed by atoms with E-state index in [0.717, 1.165) is 25.8 Å². The molecule has 0 saturated carbocycles. The molecule has 1 heterocycles. The van der Waals surface area contributed by atoms with Crippen LogP contribution in [0.1, 0.15) is 60.8 Å². The van der Waals surface area contributed by atoms with Crippen LogP contribution in [0.4, 0.5) is 4.79 Å². The lowest BCUT2D eigenvalue weighted by Crippen LogP contribution is -2.53. The maximum atomic E-state index is 12.7. The summed E-state index contributed by atoms with van der Waals surface area (Å²) >= 11 is 0. The maximum Gasteiger partial charge on any atom is 0.408 e. The summed E-state index contributed by atoms with van der Waals surface area (Å²) in [5.41, 5.74) is -0.561. The van der Waals surface area contributed by atoms with Gasteiger partial charge in [0, 0.05) is 12.6 Å². The van der Waals surface area contributed by atoms with E-state index in [4.69, 9.17) is 4.74 Å². The lowest BCUT2D eigenvalue weighted by Gasteiger charge is -2.31. The number of nitrogens with one attached hydrogen (secondary N) is 1. The van der Waals surface area contributed by atoms with Crippen molar-refractivity contribution in [3.63, 3.8) is 0 Å². The predicted molar refractivity (Wildman–Crippen MR) is 83.0 cm³/mol. The van der Waals surface area contributed by atoms with E-state index in [1.807, 2.05) is 39.5 Å². The van der Waals surface area contributed by atoms with E-state index in [-0.39, 0.29) is 17.9 Å². The molecule has 1 aliphatic heterocycles. The van der Waals surface area contributed by atoms with E-state index in [0.29, 0.717) is 0 Å². The van der Waals surface area contributed by atoms with Gasteiger partial charge in [0.15, 0.2) is 0 Å². The molecule has 0 aromatic heterocycles. The summed E-state index contributed by atoms with van der Waals surface area (Å²) in [5.74, 6) is 0.0954. The molecule has 0 aromatic carbocycles. The Morgan fingerprint density at radius 2 is 2.00 bits per heavy atom. The van der Waals surface area contributed by atoms with Crippen LogP contribution in [0.2, 0.25) is 0 Å². The Balaban J connectivity index is 2.76. The molecule has 5 nitrogen and oxygen atoms in total. The molecule has 3 atom stereocenters. The fourth-order valence-electron chi connectivity index (χ4n) is 2.56. The highest BCUT2D eigenvalue weighted by Crippen LogP contribution is 2.21. The zero-order chi connectivity index (χ0) is 16.2. The fourth-order valence-corrected chi connectivity index (χ4v) is 2.56. The highest BCUT2D eigenvalue weighted by molar-refractivity contribution is 5.86. The van der Waals surface area contributed by atoms with Crippen molar-refractivity contribution in [1.82, 2.24) is 10.2 Å². The molecule has 2 amide bonds. The summed E-state index contributed by atoms with van der Waals surface area (Å²) in [6, 6.07) is -0.255. The monoisotopic (exact) mass is 298 g/mol. The molecule has 0 aromatic rings. The first kappa shape index (κ1) is 17.8. The zero-order valence-corrected chi connectivity index (χ0v) is 14.2. The van der Waals surface area contributed by atoms with E-state index in [9.17, 15) is 9.59 Å². The van der Waals surface area contributed by atoms with Gasteiger partial charge in [0.25, 0.3) is 0 Å².